The Labute approximate surface area is 140 Å². The highest BCUT2D eigenvalue weighted by molar-refractivity contribution is 5.07. The Kier molecular flexibility index (Phi) is 4.85. The van der Waals surface area contributed by atoms with Gasteiger partial charge in [-0.25, -0.2) is 0 Å². The molecule has 0 heteroatoms. The highest BCUT2D eigenvalue weighted by atomic mass is 14.6. The monoisotopic (exact) mass is 306 g/mol. The van der Waals surface area contributed by atoms with Gasteiger partial charge in [-0.1, -0.05) is 69.2 Å². The van der Waals surface area contributed by atoms with Crippen molar-refractivity contribution in [2.24, 2.45) is 58.2 Å². The van der Waals surface area contributed by atoms with Crippen molar-refractivity contribution < 1.29 is 0 Å². The van der Waals surface area contributed by atoms with Gasteiger partial charge in [0.25, 0.3) is 0 Å². The van der Waals surface area contributed by atoms with Crippen molar-refractivity contribution in [1.29, 1.82) is 0 Å². The summed E-state index contributed by atoms with van der Waals surface area (Å²) in [6, 6.07) is 0. The zero-order chi connectivity index (χ0) is 17.0. The molecule has 4 atom stereocenters. The summed E-state index contributed by atoms with van der Waals surface area (Å²) < 4.78 is 0. The van der Waals surface area contributed by atoms with E-state index >= 15 is 0 Å². The first-order valence-electron chi connectivity index (χ1n) is 9.87. The number of hydrogen-bond acceptors (Lipinski definition) is 0. The minimum Gasteiger partial charge on any atom is -0.0625 e. The molecule has 3 saturated carbocycles. The lowest BCUT2D eigenvalue weighted by Crippen LogP contribution is -2.59. The summed E-state index contributed by atoms with van der Waals surface area (Å²) in [6.07, 6.45) is 2.98. The first kappa shape index (κ1) is 18.3. The lowest BCUT2D eigenvalue weighted by molar-refractivity contribution is -0.170. The van der Waals surface area contributed by atoms with Gasteiger partial charge in [-0.15, -0.1) is 0 Å². The van der Waals surface area contributed by atoms with Gasteiger partial charge in [-0.3, -0.25) is 0 Å². The topological polar surface area (TPSA) is 0 Å². The summed E-state index contributed by atoms with van der Waals surface area (Å²) in [4.78, 5) is 0. The predicted molar refractivity (Wildman–Crippen MR) is 98.8 cm³/mol. The van der Waals surface area contributed by atoms with Gasteiger partial charge in [0.15, 0.2) is 0 Å². The molecular weight excluding hydrogens is 264 g/mol. The Hall–Kier alpha value is 0. The smallest absolute Gasteiger partial charge is 0.0300 e. The van der Waals surface area contributed by atoms with E-state index in [4.69, 9.17) is 0 Å². The largest absolute Gasteiger partial charge is 0.0625 e. The average Bonchev–Trinajstić information content (AvgIpc) is 2.34. The summed E-state index contributed by atoms with van der Waals surface area (Å²) in [7, 11) is 0. The van der Waals surface area contributed by atoms with Crippen LogP contribution in [0, 0.1) is 58.2 Å². The van der Waals surface area contributed by atoms with E-state index in [0.29, 0.717) is 10.8 Å². The Balaban J connectivity index is 2.52. The van der Waals surface area contributed by atoms with Crippen LogP contribution in [0.2, 0.25) is 0 Å². The van der Waals surface area contributed by atoms with Crippen LogP contribution in [0.5, 0.6) is 0 Å². The second-order valence-corrected chi connectivity index (χ2v) is 11.3. The molecule has 3 rings (SSSR count). The minimum absolute atomic E-state index is 0.448. The van der Waals surface area contributed by atoms with Gasteiger partial charge in [-0.2, -0.15) is 0 Å². The van der Waals surface area contributed by atoms with Crippen LogP contribution in [0.3, 0.4) is 0 Å². The number of hydrogen-bond donors (Lipinski definition) is 0. The van der Waals surface area contributed by atoms with Crippen molar-refractivity contribution >= 4 is 0 Å². The van der Waals surface area contributed by atoms with Crippen molar-refractivity contribution in [2.45, 2.75) is 82.1 Å². The molecule has 3 aliphatic carbocycles. The highest BCUT2D eigenvalue weighted by Crippen LogP contribution is 2.65. The molecule has 0 aromatic heterocycles. The van der Waals surface area contributed by atoms with Gasteiger partial charge in [0.2, 0.25) is 0 Å². The Bertz CT molecular complexity index is 342. The molecular formula is C22H42. The third-order valence-corrected chi connectivity index (χ3v) is 7.11. The molecule has 0 heterocycles. The van der Waals surface area contributed by atoms with Gasteiger partial charge in [0.1, 0.15) is 0 Å². The number of rotatable bonds is 2. The zero-order valence-electron chi connectivity index (χ0n) is 17.0. The summed E-state index contributed by atoms with van der Waals surface area (Å²) >= 11 is 0. The first-order chi connectivity index (χ1) is 9.87. The molecule has 0 aromatic rings. The van der Waals surface area contributed by atoms with E-state index in [9.17, 15) is 0 Å². The quantitative estimate of drug-likeness (QED) is 0.520. The molecule has 22 heavy (non-hydrogen) atoms. The van der Waals surface area contributed by atoms with Gasteiger partial charge in [0, 0.05) is 0 Å². The van der Waals surface area contributed by atoms with Gasteiger partial charge >= 0.3 is 0 Å². The fraction of sp³-hybridized carbons (Fsp3) is 1.00. The fourth-order valence-corrected chi connectivity index (χ4v) is 6.97. The molecule has 4 unspecified atom stereocenters. The molecule has 0 aliphatic heterocycles. The SMILES string of the molecule is CC(C)C1C2CCC(C1C(C)(C)C)C(C(C)(C)C)C2C(C)C. The van der Waals surface area contributed by atoms with Crippen LogP contribution in [0.25, 0.3) is 0 Å². The van der Waals surface area contributed by atoms with Crippen LogP contribution in [0.4, 0.5) is 0 Å². The summed E-state index contributed by atoms with van der Waals surface area (Å²) in [5, 5.41) is 0. The molecule has 0 nitrogen and oxygen atoms in total. The van der Waals surface area contributed by atoms with Crippen LogP contribution in [0.1, 0.15) is 82.1 Å². The van der Waals surface area contributed by atoms with Crippen molar-refractivity contribution in [3.63, 3.8) is 0 Å². The maximum absolute atomic E-state index is 2.51. The van der Waals surface area contributed by atoms with Gasteiger partial charge in [-0.05, 0) is 71.0 Å². The fourth-order valence-electron chi connectivity index (χ4n) is 6.97. The third-order valence-electron chi connectivity index (χ3n) is 7.11. The molecule has 3 aliphatic rings. The first-order valence-corrected chi connectivity index (χ1v) is 9.87. The second kappa shape index (κ2) is 5.82. The predicted octanol–water partition coefficient (Wildman–Crippen LogP) is 6.90. The molecule has 0 radical (unpaired) electrons. The van der Waals surface area contributed by atoms with Crippen molar-refractivity contribution in [1.82, 2.24) is 0 Å². The summed E-state index contributed by atoms with van der Waals surface area (Å²) in [6.45, 7) is 25.0. The highest BCUT2D eigenvalue weighted by Gasteiger charge is 2.59. The third kappa shape index (κ3) is 3.01. The van der Waals surface area contributed by atoms with E-state index in [2.05, 4.69) is 69.2 Å². The Morgan fingerprint density at radius 1 is 0.591 bits per heavy atom. The normalized spacial score (nSPS) is 39.8. The van der Waals surface area contributed by atoms with Crippen LogP contribution in [-0.4, -0.2) is 0 Å². The summed E-state index contributed by atoms with van der Waals surface area (Å²) in [5.74, 6) is 7.24. The van der Waals surface area contributed by atoms with Crippen molar-refractivity contribution in [2.75, 3.05) is 0 Å². The van der Waals surface area contributed by atoms with Crippen molar-refractivity contribution in [3.05, 3.63) is 0 Å². The molecule has 0 amide bonds. The molecule has 130 valence electrons. The van der Waals surface area contributed by atoms with E-state index in [1.165, 1.54) is 12.8 Å². The standard InChI is InChI=1S/C22H42/c1-13(2)17-15-11-12-16(19(17)21(5,6)7)20(22(8,9)10)18(15)14(3)4/h13-20H,11-12H2,1-10H3. The number of fused-ring (bicyclic) bond motifs is 3. The molecule has 2 bridgehead atoms. The van der Waals surface area contributed by atoms with Gasteiger partial charge in [0.05, 0.1) is 0 Å². The van der Waals surface area contributed by atoms with Crippen LogP contribution >= 0.6 is 0 Å². The minimum atomic E-state index is 0.448. The Morgan fingerprint density at radius 3 is 1.18 bits per heavy atom. The van der Waals surface area contributed by atoms with E-state index in [1.54, 1.807) is 0 Å². The lowest BCUT2D eigenvalue weighted by atomic mass is 9.40. The van der Waals surface area contributed by atoms with E-state index in [0.717, 1.165) is 47.3 Å². The molecule has 0 N–H and O–H groups in total. The van der Waals surface area contributed by atoms with E-state index in [-0.39, 0.29) is 0 Å². The van der Waals surface area contributed by atoms with Crippen molar-refractivity contribution in [3.8, 4) is 0 Å². The average molecular weight is 307 g/mol. The molecule has 0 saturated heterocycles. The molecule has 0 aromatic carbocycles. The maximum atomic E-state index is 2.51. The molecule has 3 fully saturated rings. The summed E-state index contributed by atoms with van der Waals surface area (Å²) in [5.41, 5.74) is 0.896. The van der Waals surface area contributed by atoms with Crippen LogP contribution < -0.4 is 0 Å². The maximum Gasteiger partial charge on any atom is -0.0300 e. The lowest BCUT2D eigenvalue weighted by Gasteiger charge is -2.65. The zero-order valence-corrected chi connectivity index (χ0v) is 17.0. The molecule has 0 spiro atoms. The second-order valence-electron chi connectivity index (χ2n) is 11.3. The van der Waals surface area contributed by atoms with E-state index in [1.807, 2.05) is 0 Å². The Morgan fingerprint density at radius 2 is 0.909 bits per heavy atom. The van der Waals surface area contributed by atoms with Gasteiger partial charge < -0.3 is 0 Å². The van der Waals surface area contributed by atoms with E-state index < -0.39 is 0 Å². The van der Waals surface area contributed by atoms with Crippen LogP contribution in [-0.2, 0) is 0 Å². The van der Waals surface area contributed by atoms with Crippen LogP contribution in [0.15, 0.2) is 0 Å².